The molecular formula is C33H36Cl2N4O3. The van der Waals surface area contributed by atoms with E-state index < -0.39 is 11.9 Å². The highest BCUT2D eigenvalue weighted by atomic mass is 35.5. The van der Waals surface area contributed by atoms with Crippen molar-refractivity contribution < 1.29 is 14.3 Å². The van der Waals surface area contributed by atoms with Gasteiger partial charge >= 0.3 is 0 Å². The monoisotopic (exact) mass is 606 g/mol. The molecule has 2 amide bonds. The maximum atomic E-state index is 13.1. The molecule has 3 aromatic carbocycles. The number of benzene rings is 3. The van der Waals surface area contributed by atoms with Crippen LogP contribution in [0.15, 0.2) is 65.8 Å². The van der Waals surface area contributed by atoms with Crippen LogP contribution in [0.4, 0.5) is 0 Å². The summed E-state index contributed by atoms with van der Waals surface area (Å²) >= 11 is 12.4. The van der Waals surface area contributed by atoms with Gasteiger partial charge in [0.2, 0.25) is 0 Å². The average molecular weight is 608 g/mol. The Labute approximate surface area is 256 Å². The molecule has 0 fully saturated rings. The molecule has 0 aliphatic heterocycles. The van der Waals surface area contributed by atoms with Crippen molar-refractivity contribution in [3.8, 4) is 5.75 Å². The fourth-order valence-corrected chi connectivity index (χ4v) is 5.31. The Morgan fingerprint density at radius 2 is 1.69 bits per heavy atom. The molecule has 7 nitrogen and oxygen atoms in total. The van der Waals surface area contributed by atoms with Crippen LogP contribution in [0, 0.1) is 26.7 Å². The van der Waals surface area contributed by atoms with E-state index in [-0.39, 0.29) is 18.4 Å². The highest BCUT2D eigenvalue weighted by Gasteiger charge is 2.22. The second kappa shape index (κ2) is 13.9. The molecule has 220 valence electrons. The normalized spacial score (nSPS) is 12.2. The van der Waals surface area contributed by atoms with E-state index in [2.05, 4.69) is 20.4 Å². The Morgan fingerprint density at radius 3 is 2.38 bits per heavy atom. The molecule has 2 N–H and O–H groups in total. The van der Waals surface area contributed by atoms with Gasteiger partial charge in [-0.2, -0.15) is 5.10 Å². The maximum absolute atomic E-state index is 13.1. The number of carbonyl (C=O) groups is 2. The van der Waals surface area contributed by atoms with Crippen molar-refractivity contribution in [1.82, 2.24) is 15.3 Å². The lowest BCUT2D eigenvalue weighted by atomic mass is 10.0. The van der Waals surface area contributed by atoms with E-state index in [0.29, 0.717) is 28.8 Å². The maximum Gasteiger partial charge on any atom is 0.262 e. The van der Waals surface area contributed by atoms with E-state index in [1.807, 2.05) is 89.2 Å². The highest BCUT2D eigenvalue weighted by molar-refractivity contribution is 6.42. The molecule has 0 spiro atoms. The number of hydrogen-bond donors (Lipinski definition) is 2. The van der Waals surface area contributed by atoms with E-state index in [4.69, 9.17) is 27.9 Å². The van der Waals surface area contributed by atoms with Crippen LogP contribution in [0.3, 0.4) is 0 Å². The Hall–Kier alpha value is -3.81. The van der Waals surface area contributed by atoms with E-state index >= 15 is 0 Å². The largest absolute Gasteiger partial charge is 0.483 e. The third kappa shape index (κ3) is 7.52. The summed E-state index contributed by atoms with van der Waals surface area (Å²) in [6.45, 7) is 10.3. The first-order chi connectivity index (χ1) is 20.0. The summed E-state index contributed by atoms with van der Waals surface area (Å²) in [5.74, 6) is 0.0863. The molecule has 9 heteroatoms. The summed E-state index contributed by atoms with van der Waals surface area (Å²) in [4.78, 5) is 25.9. The number of para-hydroxylation sites is 2. The lowest BCUT2D eigenvalue weighted by molar-refractivity contribution is -0.130. The second-order valence-electron chi connectivity index (χ2n) is 10.8. The number of aryl methyl sites for hydroxylation is 2. The highest BCUT2D eigenvalue weighted by Crippen LogP contribution is 2.28. The molecule has 0 radical (unpaired) electrons. The molecule has 1 heterocycles. The SMILES string of the molecule is Cc1cccc(C)c1OCC(=O)N[C@H](CC(C)C)C(=O)N/N=C\c1c(C)n(Cc2ccc(Cl)c(Cl)c2)c2ccccc12. The van der Waals surface area contributed by atoms with Crippen LogP contribution in [0.5, 0.6) is 5.75 Å². The van der Waals surface area contributed by atoms with E-state index in [1.54, 1.807) is 12.3 Å². The summed E-state index contributed by atoms with van der Waals surface area (Å²) in [6, 6.07) is 18.7. The van der Waals surface area contributed by atoms with Gasteiger partial charge in [-0.15, -0.1) is 0 Å². The van der Waals surface area contributed by atoms with E-state index in [9.17, 15) is 9.59 Å². The van der Waals surface area contributed by atoms with Crippen LogP contribution >= 0.6 is 23.2 Å². The Kier molecular flexibility index (Phi) is 10.3. The topological polar surface area (TPSA) is 84.7 Å². The van der Waals surface area contributed by atoms with Gasteiger partial charge in [-0.25, -0.2) is 5.43 Å². The van der Waals surface area contributed by atoms with Gasteiger partial charge < -0.3 is 14.6 Å². The van der Waals surface area contributed by atoms with Crippen LogP contribution in [0.1, 0.15) is 48.2 Å². The number of carbonyl (C=O) groups excluding carboxylic acids is 2. The summed E-state index contributed by atoms with van der Waals surface area (Å²) in [5, 5.41) is 9.13. The van der Waals surface area contributed by atoms with Gasteiger partial charge in [-0.1, -0.05) is 79.5 Å². The molecule has 42 heavy (non-hydrogen) atoms. The van der Waals surface area contributed by atoms with Crippen molar-refractivity contribution >= 4 is 52.1 Å². The summed E-state index contributed by atoms with van der Waals surface area (Å²) in [7, 11) is 0. The molecule has 0 saturated carbocycles. The van der Waals surface area contributed by atoms with Crippen molar-refractivity contribution in [2.45, 2.75) is 53.6 Å². The average Bonchev–Trinajstić information content (AvgIpc) is 3.20. The number of rotatable bonds is 11. The molecule has 1 atom stereocenters. The number of aromatic nitrogens is 1. The van der Waals surface area contributed by atoms with Gasteiger partial charge in [-0.3, -0.25) is 9.59 Å². The Balaban J connectivity index is 1.47. The van der Waals surface area contributed by atoms with Gasteiger partial charge in [0.1, 0.15) is 11.8 Å². The van der Waals surface area contributed by atoms with Crippen molar-refractivity contribution in [2.75, 3.05) is 6.61 Å². The first-order valence-corrected chi connectivity index (χ1v) is 14.6. The van der Waals surface area contributed by atoms with Crippen LogP contribution in [0.25, 0.3) is 10.9 Å². The number of nitrogens with one attached hydrogen (secondary N) is 2. The van der Waals surface area contributed by atoms with Gasteiger partial charge in [0.25, 0.3) is 11.8 Å². The van der Waals surface area contributed by atoms with Crippen molar-refractivity contribution in [2.24, 2.45) is 11.0 Å². The van der Waals surface area contributed by atoms with Crippen LogP contribution < -0.4 is 15.5 Å². The quantitative estimate of drug-likeness (QED) is 0.143. The lowest BCUT2D eigenvalue weighted by Crippen LogP contribution is -2.47. The Bertz CT molecular complexity index is 1610. The van der Waals surface area contributed by atoms with Crippen molar-refractivity contribution in [1.29, 1.82) is 0 Å². The Morgan fingerprint density at radius 1 is 0.976 bits per heavy atom. The van der Waals surface area contributed by atoms with Crippen molar-refractivity contribution in [3.63, 3.8) is 0 Å². The van der Waals surface area contributed by atoms with Gasteiger partial charge in [0.05, 0.1) is 16.3 Å². The predicted molar refractivity (Wildman–Crippen MR) is 171 cm³/mol. The zero-order valence-electron chi connectivity index (χ0n) is 24.5. The number of ether oxygens (including phenoxy) is 1. The minimum absolute atomic E-state index is 0.172. The van der Waals surface area contributed by atoms with Crippen molar-refractivity contribution in [3.05, 3.63) is 98.7 Å². The number of halogens is 2. The molecule has 0 aliphatic rings. The number of amides is 2. The smallest absolute Gasteiger partial charge is 0.262 e. The fourth-order valence-electron chi connectivity index (χ4n) is 4.99. The third-order valence-corrected chi connectivity index (χ3v) is 7.83. The molecule has 0 unspecified atom stereocenters. The van der Waals surface area contributed by atoms with Crippen LogP contribution in [-0.2, 0) is 16.1 Å². The fraction of sp³-hybridized carbons (Fsp3) is 0.303. The van der Waals surface area contributed by atoms with Gasteiger partial charge in [-0.05, 0) is 68.0 Å². The van der Waals surface area contributed by atoms with Crippen LogP contribution in [-0.4, -0.2) is 35.2 Å². The third-order valence-electron chi connectivity index (χ3n) is 7.09. The first kappa shape index (κ1) is 31.1. The number of hydrogen-bond acceptors (Lipinski definition) is 4. The molecule has 4 rings (SSSR count). The number of nitrogens with zero attached hydrogens (tertiary/aromatic N) is 2. The van der Waals surface area contributed by atoms with Gasteiger partial charge in [0, 0.05) is 28.7 Å². The second-order valence-corrected chi connectivity index (χ2v) is 11.7. The number of hydrazone groups is 1. The van der Waals surface area contributed by atoms with E-state index in [1.165, 1.54) is 0 Å². The summed E-state index contributed by atoms with van der Waals surface area (Å²) < 4.78 is 7.95. The minimum atomic E-state index is -0.756. The molecule has 0 bridgehead atoms. The molecule has 0 aliphatic carbocycles. The summed E-state index contributed by atoms with van der Waals surface area (Å²) in [5.41, 5.74) is 8.44. The molecular weight excluding hydrogens is 571 g/mol. The number of fused-ring (bicyclic) bond motifs is 1. The molecule has 1 aromatic heterocycles. The van der Waals surface area contributed by atoms with Crippen LogP contribution in [0.2, 0.25) is 10.0 Å². The minimum Gasteiger partial charge on any atom is -0.483 e. The van der Waals surface area contributed by atoms with E-state index in [0.717, 1.165) is 38.9 Å². The van der Waals surface area contributed by atoms with Gasteiger partial charge in [0.15, 0.2) is 6.61 Å². The standard InChI is InChI=1S/C33H36Cl2N4O3/c1-20(2)15-29(37-31(40)19-42-32-21(3)9-8-10-22(32)4)33(41)38-36-17-26-23(5)39(30-12-7-6-11-25(26)30)18-24-13-14-27(34)28(35)16-24/h6-14,16-17,20,29H,15,18-19H2,1-5H3,(H,37,40)(H,38,41)/b36-17-/t29-/m1/s1. The predicted octanol–water partition coefficient (Wildman–Crippen LogP) is 6.98. The zero-order valence-corrected chi connectivity index (χ0v) is 26.0. The molecule has 0 saturated heterocycles. The summed E-state index contributed by atoms with van der Waals surface area (Å²) in [6.07, 6.45) is 2.11. The first-order valence-electron chi connectivity index (χ1n) is 13.9. The lowest BCUT2D eigenvalue weighted by Gasteiger charge is -2.19. The molecule has 4 aromatic rings. The zero-order chi connectivity index (χ0) is 30.4.